The third-order valence-corrected chi connectivity index (χ3v) is 9.44. The van der Waals surface area contributed by atoms with E-state index in [-0.39, 0.29) is 29.8 Å². The van der Waals surface area contributed by atoms with Crippen LogP contribution in [0.5, 0.6) is 5.75 Å². The van der Waals surface area contributed by atoms with Gasteiger partial charge in [0.1, 0.15) is 48.0 Å². The van der Waals surface area contributed by atoms with Gasteiger partial charge in [-0.1, -0.05) is 44.9 Å². The Kier molecular flexibility index (Phi) is 8.02. The Balaban J connectivity index is 1.37. The molecule has 0 bridgehead atoms. The molecule has 14 nitrogen and oxygen atoms in total. The highest BCUT2D eigenvalue weighted by Gasteiger charge is 2.83. The lowest BCUT2D eigenvalue weighted by atomic mass is 9.90. The van der Waals surface area contributed by atoms with Gasteiger partial charge < -0.3 is 29.9 Å². The van der Waals surface area contributed by atoms with Gasteiger partial charge in [-0.2, -0.15) is 15.4 Å². The maximum absolute atomic E-state index is 14.0. The zero-order chi connectivity index (χ0) is 30.3. The van der Waals surface area contributed by atoms with Crippen LogP contribution in [0.1, 0.15) is 39.3 Å². The van der Waals surface area contributed by atoms with E-state index < -0.39 is 49.3 Å². The number of anilines is 1. The molecule has 3 aromatic rings. The molecule has 7 atom stereocenters. The van der Waals surface area contributed by atoms with E-state index in [4.69, 9.17) is 24.3 Å². The average molecular weight is 601 g/mol. The quantitative estimate of drug-likeness (QED) is 0.174. The first kappa shape index (κ1) is 29.9. The first-order valence-electron chi connectivity index (χ1n) is 13.6. The number of para-hydroxylation sites is 1. The van der Waals surface area contributed by atoms with Crippen LogP contribution in [-0.4, -0.2) is 67.3 Å². The van der Waals surface area contributed by atoms with E-state index >= 15 is 0 Å². The van der Waals surface area contributed by atoms with Crippen molar-refractivity contribution in [1.82, 2.24) is 19.7 Å². The molecular formula is C27H33N6O8P. The normalized spacial score (nSPS) is 28.5. The number of rotatable bonds is 12. The number of nitrogens with two attached hydrogens (primary N) is 1. The molecule has 15 heteroatoms. The highest BCUT2D eigenvalue weighted by Crippen LogP contribution is 2.63. The van der Waals surface area contributed by atoms with Crippen LogP contribution in [-0.2, 0) is 29.0 Å². The van der Waals surface area contributed by atoms with Gasteiger partial charge in [-0.3, -0.25) is 9.32 Å². The van der Waals surface area contributed by atoms with Crippen molar-refractivity contribution in [3.8, 4) is 11.8 Å². The number of hydrogen-bond acceptors (Lipinski definition) is 12. The molecule has 5 N–H and O–H groups in total. The van der Waals surface area contributed by atoms with E-state index in [1.165, 1.54) is 36.0 Å². The number of nitrogens with one attached hydrogen (secondary N) is 1. The molecule has 2 unspecified atom stereocenters. The highest BCUT2D eigenvalue weighted by molar-refractivity contribution is 7.52. The van der Waals surface area contributed by atoms with Crippen LogP contribution in [0.4, 0.5) is 5.82 Å². The molecule has 1 aromatic carbocycles. The second-order valence-electron chi connectivity index (χ2n) is 10.4. The van der Waals surface area contributed by atoms with Gasteiger partial charge in [0.15, 0.2) is 11.4 Å². The lowest BCUT2D eigenvalue weighted by Gasteiger charge is -2.30. The minimum atomic E-state index is -4.41. The number of ether oxygens (including phenoxy) is 2. The van der Waals surface area contributed by atoms with Gasteiger partial charge in [0.2, 0.25) is 5.60 Å². The van der Waals surface area contributed by atoms with Crippen molar-refractivity contribution < 1.29 is 38.1 Å². The molecule has 2 aromatic heterocycles. The summed E-state index contributed by atoms with van der Waals surface area (Å²) in [5.41, 5.74) is 2.17. The van der Waals surface area contributed by atoms with Gasteiger partial charge in [0, 0.05) is 0 Å². The second kappa shape index (κ2) is 11.3. The fraction of sp³-hybridized carbons (Fsp3) is 0.481. The number of nitrogen functional groups attached to an aromatic ring is 1. The number of benzene rings is 1. The fourth-order valence-electron chi connectivity index (χ4n) is 5.09. The van der Waals surface area contributed by atoms with Gasteiger partial charge in [0.25, 0.3) is 0 Å². The molecule has 224 valence electrons. The number of nitriles is 1. The summed E-state index contributed by atoms with van der Waals surface area (Å²) in [6, 6.07) is 12.0. The number of esters is 1. The first-order chi connectivity index (χ1) is 20.0. The summed E-state index contributed by atoms with van der Waals surface area (Å²) in [5, 5.41) is 39.6. The molecule has 0 spiro atoms. The van der Waals surface area contributed by atoms with E-state index in [9.17, 15) is 24.8 Å². The standard InChI is InChI=1S/C27H33N6O8P/c1-4-17(5-2)13-38-24(34)16(3)32-42(37,40-18-9-7-6-8-10-18)41-22-21-27(22,36)25(35)26(14-28,39-21)20-12-11-19-23(29)30-15-31-33(19)20/h6-12,15-17,21-22,25,35-36H,4-5,13H2,1-3H3,(H,32,37)(H2,29,30,31)/t16-,21+,22?,25-,26-,27-,42?/m0/s1. The van der Waals surface area contributed by atoms with E-state index in [1.54, 1.807) is 24.3 Å². The molecule has 1 saturated carbocycles. The number of carbonyl (C=O) groups is 1. The van der Waals surface area contributed by atoms with E-state index in [0.717, 1.165) is 12.8 Å². The smallest absolute Gasteiger partial charge is 0.459 e. The SMILES string of the molecule is CCC(CC)COC(=O)[C@H](C)NP(=O)(Oc1ccccc1)OC1[C@H]2O[C@@](C#N)(c3ccc4c(N)ncnn34)[C@H](O)[C@@]12O. The Morgan fingerprint density at radius 1 is 1.29 bits per heavy atom. The van der Waals surface area contributed by atoms with Gasteiger partial charge in [-0.05, 0) is 37.1 Å². The minimum Gasteiger partial charge on any atom is -0.464 e. The fourth-order valence-corrected chi connectivity index (χ4v) is 6.81. The maximum atomic E-state index is 14.0. The van der Waals surface area contributed by atoms with Crippen LogP contribution in [0.3, 0.4) is 0 Å². The number of aromatic nitrogens is 3. The van der Waals surface area contributed by atoms with Crippen LogP contribution in [0.15, 0.2) is 48.8 Å². The lowest BCUT2D eigenvalue weighted by Crippen LogP contribution is -2.47. The van der Waals surface area contributed by atoms with Crippen molar-refractivity contribution in [3.63, 3.8) is 0 Å². The lowest BCUT2D eigenvalue weighted by molar-refractivity contribution is -0.146. The van der Waals surface area contributed by atoms with Crippen molar-refractivity contribution in [3.05, 3.63) is 54.5 Å². The average Bonchev–Trinajstić information content (AvgIpc) is 3.25. The second-order valence-corrected chi connectivity index (χ2v) is 12.1. The Morgan fingerprint density at radius 2 is 2.00 bits per heavy atom. The summed E-state index contributed by atoms with van der Waals surface area (Å²) in [6.45, 7) is 5.64. The number of fused-ring (bicyclic) bond motifs is 2. The number of aliphatic hydroxyl groups is 2. The summed E-state index contributed by atoms with van der Waals surface area (Å²) in [6.07, 6.45) is -1.67. The van der Waals surface area contributed by atoms with Crippen molar-refractivity contribution in [2.24, 2.45) is 5.92 Å². The Bertz CT molecular complexity index is 1540. The highest BCUT2D eigenvalue weighted by atomic mass is 31.2. The maximum Gasteiger partial charge on any atom is 0.459 e. The molecule has 1 saturated heterocycles. The summed E-state index contributed by atoms with van der Waals surface area (Å²) < 4.78 is 38.1. The minimum absolute atomic E-state index is 0.108. The van der Waals surface area contributed by atoms with Crippen LogP contribution in [0.25, 0.3) is 5.52 Å². The monoisotopic (exact) mass is 600 g/mol. The summed E-state index contributed by atoms with van der Waals surface area (Å²) in [4.78, 5) is 16.6. The van der Waals surface area contributed by atoms with Crippen LogP contribution < -0.4 is 15.3 Å². The van der Waals surface area contributed by atoms with Crippen molar-refractivity contribution >= 4 is 25.1 Å². The molecular weight excluding hydrogens is 567 g/mol. The predicted octanol–water partition coefficient (Wildman–Crippen LogP) is 2.06. The first-order valence-corrected chi connectivity index (χ1v) is 15.1. The number of aliphatic hydroxyl groups excluding tert-OH is 1. The molecule has 1 aliphatic carbocycles. The van der Waals surface area contributed by atoms with Crippen molar-refractivity contribution in [2.45, 2.75) is 69.2 Å². The molecule has 2 fully saturated rings. The van der Waals surface area contributed by atoms with E-state index in [2.05, 4.69) is 15.2 Å². The molecule has 0 radical (unpaired) electrons. The molecule has 42 heavy (non-hydrogen) atoms. The topological polar surface area (TPSA) is 204 Å². The van der Waals surface area contributed by atoms with Crippen molar-refractivity contribution in [2.75, 3.05) is 12.3 Å². The van der Waals surface area contributed by atoms with Gasteiger partial charge in [0.05, 0.1) is 12.3 Å². The zero-order valence-electron chi connectivity index (χ0n) is 23.3. The largest absolute Gasteiger partial charge is 0.464 e. The van der Waals surface area contributed by atoms with Gasteiger partial charge in [-0.15, -0.1) is 0 Å². The Morgan fingerprint density at radius 3 is 2.62 bits per heavy atom. The third-order valence-electron chi connectivity index (χ3n) is 7.78. The predicted molar refractivity (Wildman–Crippen MR) is 148 cm³/mol. The Labute approximate surface area is 241 Å². The Hall–Kier alpha value is -3.57. The van der Waals surface area contributed by atoms with Gasteiger partial charge in [-0.25, -0.2) is 14.1 Å². The van der Waals surface area contributed by atoms with Crippen LogP contribution >= 0.6 is 7.75 Å². The van der Waals surface area contributed by atoms with Gasteiger partial charge >= 0.3 is 13.7 Å². The molecule has 3 heterocycles. The van der Waals surface area contributed by atoms with Crippen molar-refractivity contribution in [1.29, 1.82) is 5.26 Å². The van der Waals surface area contributed by atoms with E-state index in [0.29, 0.717) is 5.52 Å². The molecule has 5 rings (SSSR count). The van der Waals surface area contributed by atoms with Crippen LogP contribution in [0, 0.1) is 17.2 Å². The third kappa shape index (κ3) is 5.02. The molecule has 0 amide bonds. The molecule has 2 aliphatic rings. The number of hydrogen-bond donors (Lipinski definition) is 4. The van der Waals surface area contributed by atoms with Crippen LogP contribution in [0.2, 0.25) is 0 Å². The van der Waals surface area contributed by atoms with E-state index in [1.807, 2.05) is 19.9 Å². The number of carbonyl (C=O) groups excluding carboxylic acids is 1. The summed E-state index contributed by atoms with van der Waals surface area (Å²) >= 11 is 0. The summed E-state index contributed by atoms with van der Waals surface area (Å²) in [7, 11) is -4.41. The summed E-state index contributed by atoms with van der Waals surface area (Å²) in [5.74, 6) is -0.184. The molecule has 1 aliphatic heterocycles. The number of nitrogens with zero attached hydrogens (tertiary/aromatic N) is 4. The zero-order valence-corrected chi connectivity index (χ0v) is 24.2.